The van der Waals surface area contributed by atoms with Gasteiger partial charge in [-0.15, -0.1) is 0 Å². The van der Waals surface area contributed by atoms with Gasteiger partial charge in [0.05, 0.1) is 0 Å². The fraction of sp³-hybridized carbons (Fsp3) is 0.667. The SMILES string of the molecule is CC1(C)CCCC(NCC2Cc3ccccc3O2)CC1. The van der Waals surface area contributed by atoms with E-state index in [1.807, 2.05) is 0 Å². The molecule has 0 saturated heterocycles. The van der Waals surface area contributed by atoms with Crippen LogP contribution in [0.1, 0.15) is 51.5 Å². The van der Waals surface area contributed by atoms with Crippen molar-refractivity contribution < 1.29 is 4.74 Å². The highest BCUT2D eigenvalue weighted by atomic mass is 16.5. The number of rotatable bonds is 3. The summed E-state index contributed by atoms with van der Waals surface area (Å²) < 4.78 is 6.01. The summed E-state index contributed by atoms with van der Waals surface area (Å²) in [6.07, 6.45) is 8.09. The summed E-state index contributed by atoms with van der Waals surface area (Å²) in [5, 5.41) is 3.75. The standard InChI is InChI=1S/C18H27NO/c1-18(2)10-5-7-15(9-11-18)19-13-16-12-14-6-3-4-8-17(14)20-16/h3-4,6,8,15-16,19H,5,7,9-13H2,1-2H3. The number of nitrogens with one attached hydrogen (secondary N) is 1. The predicted octanol–water partition coefficient (Wildman–Crippen LogP) is 3.94. The maximum Gasteiger partial charge on any atom is 0.123 e. The smallest absolute Gasteiger partial charge is 0.123 e. The van der Waals surface area contributed by atoms with Crippen LogP contribution in [-0.2, 0) is 6.42 Å². The lowest BCUT2D eigenvalue weighted by Crippen LogP contribution is -2.37. The van der Waals surface area contributed by atoms with Crippen LogP contribution in [0.4, 0.5) is 0 Å². The summed E-state index contributed by atoms with van der Waals surface area (Å²) in [6.45, 7) is 5.80. The van der Waals surface area contributed by atoms with Crippen molar-refractivity contribution in [2.75, 3.05) is 6.54 Å². The molecule has 1 N–H and O–H groups in total. The molecular formula is C18H27NO. The molecule has 3 rings (SSSR count). The topological polar surface area (TPSA) is 21.3 Å². The third-order valence-electron chi connectivity index (χ3n) is 4.92. The number of para-hydroxylation sites is 1. The minimum atomic E-state index is 0.323. The summed E-state index contributed by atoms with van der Waals surface area (Å²) in [5.41, 5.74) is 1.90. The van der Waals surface area contributed by atoms with Crippen molar-refractivity contribution in [3.8, 4) is 5.75 Å². The second-order valence-electron chi connectivity index (χ2n) is 7.25. The van der Waals surface area contributed by atoms with Gasteiger partial charge < -0.3 is 10.1 Å². The second-order valence-corrected chi connectivity index (χ2v) is 7.25. The summed E-state index contributed by atoms with van der Waals surface area (Å²) in [5.74, 6) is 1.08. The second kappa shape index (κ2) is 5.77. The highest BCUT2D eigenvalue weighted by Crippen LogP contribution is 2.34. The third kappa shape index (κ3) is 3.35. The highest BCUT2D eigenvalue weighted by Gasteiger charge is 2.26. The van der Waals surface area contributed by atoms with Gasteiger partial charge in [-0.3, -0.25) is 0 Å². The fourth-order valence-electron chi connectivity index (χ4n) is 3.53. The van der Waals surface area contributed by atoms with Crippen molar-refractivity contribution in [2.45, 2.75) is 64.5 Å². The van der Waals surface area contributed by atoms with Gasteiger partial charge in [0, 0.05) is 19.0 Å². The normalized spacial score (nSPS) is 28.5. The van der Waals surface area contributed by atoms with Crippen LogP contribution < -0.4 is 10.1 Å². The van der Waals surface area contributed by atoms with E-state index in [0.717, 1.165) is 18.7 Å². The van der Waals surface area contributed by atoms with E-state index in [-0.39, 0.29) is 0 Å². The minimum absolute atomic E-state index is 0.323. The van der Waals surface area contributed by atoms with Crippen molar-refractivity contribution in [1.82, 2.24) is 5.32 Å². The number of fused-ring (bicyclic) bond motifs is 1. The molecule has 0 radical (unpaired) electrons. The first kappa shape index (κ1) is 13.9. The van der Waals surface area contributed by atoms with Gasteiger partial charge in [0.25, 0.3) is 0 Å². The fourth-order valence-corrected chi connectivity index (χ4v) is 3.53. The van der Waals surface area contributed by atoms with Gasteiger partial charge in [0.2, 0.25) is 0 Å². The average Bonchev–Trinajstić information content (AvgIpc) is 2.75. The maximum atomic E-state index is 6.01. The van der Waals surface area contributed by atoms with E-state index < -0.39 is 0 Å². The number of hydrogen-bond donors (Lipinski definition) is 1. The molecule has 1 aromatic rings. The minimum Gasteiger partial charge on any atom is -0.488 e. The predicted molar refractivity (Wildman–Crippen MR) is 83.2 cm³/mol. The Bertz CT molecular complexity index is 429. The summed E-state index contributed by atoms with van der Waals surface area (Å²) in [7, 11) is 0. The summed E-state index contributed by atoms with van der Waals surface area (Å²) in [4.78, 5) is 0. The first-order valence-electron chi connectivity index (χ1n) is 8.10. The molecule has 0 bridgehead atoms. The van der Waals surface area contributed by atoms with E-state index in [1.165, 1.54) is 37.7 Å². The Morgan fingerprint density at radius 1 is 1.20 bits per heavy atom. The zero-order valence-electron chi connectivity index (χ0n) is 12.8. The molecule has 20 heavy (non-hydrogen) atoms. The van der Waals surface area contributed by atoms with Gasteiger partial charge in [-0.1, -0.05) is 38.5 Å². The van der Waals surface area contributed by atoms with Crippen LogP contribution in [-0.4, -0.2) is 18.7 Å². The molecular weight excluding hydrogens is 246 g/mol. The van der Waals surface area contributed by atoms with Crippen molar-refractivity contribution in [3.63, 3.8) is 0 Å². The van der Waals surface area contributed by atoms with E-state index in [1.54, 1.807) is 0 Å². The first-order valence-corrected chi connectivity index (χ1v) is 8.10. The molecule has 2 aliphatic rings. The van der Waals surface area contributed by atoms with E-state index in [2.05, 4.69) is 43.4 Å². The molecule has 2 unspecified atom stereocenters. The van der Waals surface area contributed by atoms with Gasteiger partial charge in [-0.25, -0.2) is 0 Å². The van der Waals surface area contributed by atoms with Gasteiger partial charge in [-0.05, 0) is 42.7 Å². The zero-order valence-corrected chi connectivity index (χ0v) is 12.8. The van der Waals surface area contributed by atoms with E-state index in [9.17, 15) is 0 Å². The average molecular weight is 273 g/mol. The molecule has 0 aromatic heterocycles. The van der Waals surface area contributed by atoms with Crippen LogP contribution in [0.15, 0.2) is 24.3 Å². The maximum absolute atomic E-state index is 6.01. The van der Waals surface area contributed by atoms with Crippen LogP contribution in [0.3, 0.4) is 0 Å². The quantitative estimate of drug-likeness (QED) is 0.842. The van der Waals surface area contributed by atoms with Gasteiger partial charge in [-0.2, -0.15) is 0 Å². The highest BCUT2D eigenvalue weighted by molar-refractivity contribution is 5.37. The van der Waals surface area contributed by atoms with E-state index in [0.29, 0.717) is 17.6 Å². The van der Waals surface area contributed by atoms with Crippen LogP contribution in [0.2, 0.25) is 0 Å². The zero-order chi connectivity index (χ0) is 14.0. The molecule has 1 aliphatic carbocycles. The van der Waals surface area contributed by atoms with Crippen LogP contribution in [0, 0.1) is 5.41 Å². The Morgan fingerprint density at radius 3 is 2.90 bits per heavy atom. The lowest BCUT2D eigenvalue weighted by atomic mass is 9.85. The van der Waals surface area contributed by atoms with Crippen LogP contribution >= 0.6 is 0 Å². The summed E-state index contributed by atoms with van der Waals surface area (Å²) >= 11 is 0. The molecule has 1 fully saturated rings. The lowest BCUT2D eigenvalue weighted by molar-refractivity contribution is 0.218. The van der Waals surface area contributed by atoms with Crippen molar-refractivity contribution in [1.29, 1.82) is 0 Å². The molecule has 2 nitrogen and oxygen atoms in total. The van der Waals surface area contributed by atoms with E-state index >= 15 is 0 Å². The molecule has 0 amide bonds. The van der Waals surface area contributed by atoms with Crippen molar-refractivity contribution in [3.05, 3.63) is 29.8 Å². The molecule has 1 aliphatic heterocycles. The Hall–Kier alpha value is -1.02. The van der Waals surface area contributed by atoms with E-state index in [4.69, 9.17) is 4.74 Å². The molecule has 0 spiro atoms. The van der Waals surface area contributed by atoms with Gasteiger partial charge in [0.1, 0.15) is 11.9 Å². The Kier molecular flexibility index (Phi) is 4.02. The lowest BCUT2D eigenvalue weighted by Gasteiger charge is -2.22. The number of ether oxygens (including phenoxy) is 1. The van der Waals surface area contributed by atoms with Crippen molar-refractivity contribution >= 4 is 0 Å². The molecule has 2 atom stereocenters. The van der Waals surface area contributed by atoms with Crippen LogP contribution in [0.5, 0.6) is 5.75 Å². The first-order chi connectivity index (χ1) is 9.62. The third-order valence-corrected chi connectivity index (χ3v) is 4.92. The molecule has 1 heterocycles. The number of hydrogen-bond acceptors (Lipinski definition) is 2. The monoisotopic (exact) mass is 273 g/mol. The van der Waals surface area contributed by atoms with Crippen molar-refractivity contribution in [2.24, 2.45) is 5.41 Å². The number of benzene rings is 1. The molecule has 1 saturated carbocycles. The molecule has 1 aromatic carbocycles. The van der Waals surface area contributed by atoms with Crippen LogP contribution in [0.25, 0.3) is 0 Å². The Balaban J connectivity index is 1.47. The molecule has 2 heteroatoms. The summed E-state index contributed by atoms with van der Waals surface area (Å²) in [6, 6.07) is 9.12. The Morgan fingerprint density at radius 2 is 2.05 bits per heavy atom. The Labute approximate surface area is 122 Å². The van der Waals surface area contributed by atoms with Gasteiger partial charge >= 0.3 is 0 Å². The largest absolute Gasteiger partial charge is 0.488 e. The molecule has 110 valence electrons. The van der Waals surface area contributed by atoms with Gasteiger partial charge in [0.15, 0.2) is 0 Å².